The van der Waals surface area contributed by atoms with E-state index in [0.29, 0.717) is 34.9 Å². The minimum atomic E-state index is -0.457. The number of nitrogens with two attached hydrogens (primary N) is 1. The molecule has 3 N–H and O–H groups in total. The second-order valence-corrected chi connectivity index (χ2v) is 7.94. The Morgan fingerprint density at radius 3 is 2.24 bits per heavy atom. The molecule has 0 saturated heterocycles. The van der Waals surface area contributed by atoms with Crippen LogP contribution >= 0.6 is 0 Å². The third kappa shape index (κ3) is 6.11. The third-order valence-corrected chi connectivity index (χ3v) is 5.19. The van der Waals surface area contributed by atoms with Gasteiger partial charge in [-0.25, -0.2) is 0 Å². The van der Waals surface area contributed by atoms with Crippen LogP contribution in [-0.4, -0.2) is 51.1 Å². The SMILES string of the molecule is COc1ccc(NC(=O)c2ccc(-c3ccc(C(N)=O)cc3C)cc2)cc1OCCN(C)C. The molecule has 172 valence electrons. The quantitative estimate of drug-likeness (QED) is 0.518. The van der Waals surface area contributed by atoms with Gasteiger partial charge in [0.1, 0.15) is 6.61 Å². The molecule has 0 aromatic heterocycles. The van der Waals surface area contributed by atoms with Crippen molar-refractivity contribution < 1.29 is 19.1 Å². The Kier molecular flexibility index (Phi) is 7.69. The van der Waals surface area contributed by atoms with Crippen molar-refractivity contribution >= 4 is 17.5 Å². The van der Waals surface area contributed by atoms with Crippen molar-refractivity contribution in [3.8, 4) is 22.6 Å². The fraction of sp³-hybridized carbons (Fsp3) is 0.231. The van der Waals surface area contributed by atoms with E-state index in [1.807, 2.05) is 44.1 Å². The Balaban J connectivity index is 1.72. The summed E-state index contributed by atoms with van der Waals surface area (Å²) in [4.78, 5) is 26.2. The summed E-state index contributed by atoms with van der Waals surface area (Å²) in [5, 5.41) is 2.90. The number of amides is 2. The summed E-state index contributed by atoms with van der Waals surface area (Å²) in [6.07, 6.45) is 0. The van der Waals surface area contributed by atoms with Gasteiger partial charge in [-0.2, -0.15) is 0 Å². The molecule has 2 amide bonds. The molecular weight excluding hydrogens is 418 g/mol. The Labute approximate surface area is 194 Å². The van der Waals surface area contributed by atoms with Gasteiger partial charge in [-0.1, -0.05) is 18.2 Å². The number of hydrogen-bond donors (Lipinski definition) is 2. The first-order chi connectivity index (χ1) is 15.8. The smallest absolute Gasteiger partial charge is 0.255 e. The number of likely N-dealkylation sites (N-methyl/N-ethyl adjacent to an activating group) is 1. The molecule has 0 aliphatic carbocycles. The number of benzene rings is 3. The summed E-state index contributed by atoms with van der Waals surface area (Å²) in [6, 6.07) is 17.9. The van der Waals surface area contributed by atoms with Crippen molar-refractivity contribution in [1.82, 2.24) is 4.90 Å². The number of ether oxygens (including phenoxy) is 2. The van der Waals surface area contributed by atoms with Crippen molar-refractivity contribution in [3.05, 3.63) is 77.4 Å². The lowest BCUT2D eigenvalue weighted by atomic mass is 9.97. The van der Waals surface area contributed by atoms with Crippen LogP contribution in [0, 0.1) is 6.92 Å². The average molecular weight is 448 g/mol. The third-order valence-electron chi connectivity index (χ3n) is 5.19. The number of hydrogen-bond acceptors (Lipinski definition) is 5. The van der Waals surface area contributed by atoms with Gasteiger partial charge in [-0.05, 0) is 74.1 Å². The van der Waals surface area contributed by atoms with Crippen LogP contribution in [0.4, 0.5) is 5.69 Å². The average Bonchev–Trinajstić information content (AvgIpc) is 2.79. The number of methoxy groups -OCH3 is 1. The molecule has 0 aliphatic heterocycles. The Morgan fingerprint density at radius 2 is 1.64 bits per heavy atom. The van der Waals surface area contributed by atoms with E-state index in [1.165, 1.54) is 0 Å². The Bertz CT molecular complexity index is 1140. The predicted octanol–water partition coefficient (Wildman–Crippen LogP) is 3.96. The maximum atomic E-state index is 12.8. The lowest BCUT2D eigenvalue weighted by molar-refractivity contribution is 0.0997. The van der Waals surface area contributed by atoms with Gasteiger partial charge < -0.3 is 25.4 Å². The zero-order valence-corrected chi connectivity index (χ0v) is 19.3. The van der Waals surface area contributed by atoms with Crippen LogP contribution in [0.15, 0.2) is 60.7 Å². The predicted molar refractivity (Wildman–Crippen MR) is 130 cm³/mol. The highest BCUT2D eigenvalue weighted by Crippen LogP contribution is 2.31. The molecule has 3 aromatic rings. The highest BCUT2D eigenvalue weighted by atomic mass is 16.5. The minimum absolute atomic E-state index is 0.230. The first-order valence-electron chi connectivity index (χ1n) is 10.6. The second-order valence-electron chi connectivity index (χ2n) is 7.94. The molecule has 3 rings (SSSR count). The van der Waals surface area contributed by atoms with Crippen LogP contribution in [0.1, 0.15) is 26.3 Å². The van der Waals surface area contributed by atoms with E-state index in [-0.39, 0.29) is 5.91 Å². The number of carbonyl (C=O) groups excluding carboxylic acids is 2. The summed E-state index contributed by atoms with van der Waals surface area (Å²) in [7, 11) is 5.52. The number of primary amides is 1. The van der Waals surface area contributed by atoms with E-state index in [2.05, 4.69) is 5.32 Å². The standard InChI is InChI=1S/C26H29N3O4/c1-17-15-20(25(27)30)9-11-22(17)18-5-7-19(8-6-18)26(31)28-21-10-12-23(32-4)24(16-21)33-14-13-29(2)3/h5-12,15-16H,13-14H2,1-4H3,(H2,27,30)(H,28,31). The zero-order valence-electron chi connectivity index (χ0n) is 19.3. The zero-order chi connectivity index (χ0) is 24.0. The molecule has 0 saturated carbocycles. The van der Waals surface area contributed by atoms with E-state index >= 15 is 0 Å². The van der Waals surface area contributed by atoms with Crippen molar-refractivity contribution in [1.29, 1.82) is 0 Å². The number of rotatable bonds is 9. The topological polar surface area (TPSA) is 93.9 Å². The molecule has 0 spiro atoms. The molecule has 33 heavy (non-hydrogen) atoms. The summed E-state index contributed by atoms with van der Waals surface area (Å²) in [5.41, 5.74) is 9.81. The van der Waals surface area contributed by atoms with Gasteiger partial charge in [-0.15, -0.1) is 0 Å². The highest BCUT2D eigenvalue weighted by molar-refractivity contribution is 6.04. The van der Waals surface area contributed by atoms with Gasteiger partial charge in [0.25, 0.3) is 5.91 Å². The molecule has 0 atom stereocenters. The van der Waals surface area contributed by atoms with Crippen LogP contribution in [-0.2, 0) is 0 Å². The molecule has 0 heterocycles. The van der Waals surface area contributed by atoms with Gasteiger partial charge in [0.2, 0.25) is 5.91 Å². The first kappa shape index (κ1) is 23.8. The van der Waals surface area contributed by atoms with E-state index < -0.39 is 5.91 Å². The summed E-state index contributed by atoms with van der Waals surface area (Å²) in [6.45, 7) is 3.18. The number of anilines is 1. The molecule has 0 aliphatic rings. The van der Waals surface area contributed by atoms with Crippen molar-refractivity contribution in [2.45, 2.75) is 6.92 Å². The molecule has 0 bridgehead atoms. The van der Waals surface area contributed by atoms with E-state index in [9.17, 15) is 9.59 Å². The van der Waals surface area contributed by atoms with E-state index in [0.717, 1.165) is 23.2 Å². The van der Waals surface area contributed by atoms with E-state index in [4.69, 9.17) is 15.2 Å². The van der Waals surface area contributed by atoms with Crippen LogP contribution < -0.4 is 20.5 Å². The van der Waals surface area contributed by atoms with Crippen LogP contribution in [0.25, 0.3) is 11.1 Å². The highest BCUT2D eigenvalue weighted by Gasteiger charge is 2.12. The van der Waals surface area contributed by atoms with Gasteiger partial charge >= 0.3 is 0 Å². The fourth-order valence-corrected chi connectivity index (χ4v) is 3.35. The molecule has 0 unspecified atom stereocenters. The summed E-state index contributed by atoms with van der Waals surface area (Å²) >= 11 is 0. The molecule has 7 nitrogen and oxygen atoms in total. The van der Waals surface area contributed by atoms with Crippen LogP contribution in [0.2, 0.25) is 0 Å². The molecule has 3 aromatic carbocycles. The molecular formula is C26H29N3O4. The first-order valence-corrected chi connectivity index (χ1v) is 10.6. The maximum Gasteiger partial charge on any atom is 0.255 e. The van der Waals surface area contributed by atoms with Gasteiger partial charge in [-0.3, -0.25) is 9.59 Å². The monoisotopic (exact) mass is 447 g/mol. The Hall–Kier alpha value is -3.84. The number of nitrogens with one attached hydrogen (secondary N) is 1. The molecule has 0 radical (unpaired) electrons. The maximum absolute atomic E-state index is 12.8. The van der Waals surface area contributed by atoms with Crippen LogP contribution in [0.3, 0.4) is 0 Å². The Morgan fingerprint density at radius 1 is 0.939 bits per heavy atom. The van der Waals surface area contributed by atoms with Gasteiger partial charge in [0, 0.05) is 29.4 Å². The fourth-order valence-electron chi connectivity index (χ4n) is 3.35. The van der Waals surface area contributed by atoms with Crippen molar-refractivity contribution in [2.24, 2.45) is 5.73 Å². The van der Waals surface area contributed by atoms with Crippen molar-refractivity contribution in [3.63, 3.8) is 0 Å². The second kappa shape index (κ2) is 10.7. The minimum Gasteiger partial charge on any atom is -0.493 e. The van der Waals surface area contributed by atoms with Crippen molar-refractivity contribution in [2.75, 3.05) is 39.7 Å². The number of carbonyl (C=O) groups is 2. The summed E-state index contributed by atoms with van der Waals surface area (Å²) in [5.74, 6) is 0.490. The molecule has 0 fully saturated rings. The summed E-state index contributed by atoms with van der Waals surface area (Å²) < 4.78 is 11.2. The van der Waals surface area contributed by atoms with E-state index in [1.54, 1.807) is 49.6 Å². The largest absolute Gasteiger partial charge is 0.493 e. The lowest BCUT2D eigenvalue weighted by Gasteiger charge is -2.15. The normalized spacial score (nSPS) is 10.7. The van der Waals surface area contributed by atoms with Gasteiger partial charge in [0.15, 0.2) is 11.5 Å². The van der Waals surface area contributed by atoms with Crippen LogP contribution in [0.5, 0.6) is 11.5 Å². The lowest BCUT2D eigenvalue weighted by Crippen LogP contribution is -2.19. The number of nitrogens with zero attached hydrogens (tertiary/aromatic N) is 1. The molecule has 7 heteroatoms. The number of aryl methyl sites for hydroxylation is 1. The van der Waals surface area contributed by atoms with Gasteiger partial charge in [0.05, 0.1) is 7.11 Å².